The van der Waals surface area contributed by atoms with Crippen molar-refractivity contribution in [2.75, 3.05) is 27.9 Å². The minimum Gasteiger partial charge on any atom is -0.493 e. The van der Waals surface area contributed by atoms with Crippen LogP contribution in [0, 0.1) is 0 Å². The molecule has 2 aromatic rings. The van der Waals surface area contributed by atoms with Gasteiger partial charge in [-0.2, -0.15) is 9.67 Å². The van der Waals surface area contributed by atoms with Crippen LogP contribution in [-0.4, -0.2) is 48.6 Å². The molecule has 0 unspecified atom stereocenters. The van der Waals surface area contributed by atoms with Gasteiger partial charge in [0.05, 0.1) is 27.9 Å². The van der Waals surface area contributed by atoms with Crippen LogP contribution in [-0.2, 0) is 0 Å². The van der Waals surface area contributed by atoms with Gasteiger partial charge in [0.15, 0.2) is 17.3 Å². The summed E-state index contributed by atoms with van der Waals surface area (Å²) >= 11 is 0. The summed E-state index contributed by atoms with van der Waals surface area (Å²) in [6.07, 6.45) is 13.1. The zero-order valence-corrected chi connectivity index (χ0v) is 22.2. The van der Waals surface area contributed by atoms with Gasteiger partial charge in [-0.1, -0.05) is 71.6 Å². The summed E-state index contributed by atoms with van der Waals surface area (Å²) in [6, 6.07) is 3.73. The molecule has 0 fully saturated rings. The lowest BCUT2D eigenvalue weighted by atomic mass is 10.1. The lowest BCUT2D eigenvalue weighted by Crippen LogP contribution is -2.14. The lowest BCUT2D eigenvalue weighted by Gasteiger charge is -2.14. The minimum absolute atomic E-state index is 0.102. The molecule has 0 amide bonds. The number of methoxy groups -OCH3 is 3. The Hall–Kier alpha value is -2.77. The number of nitrogens with zero attached hydrogens (tertiary/aromatic N) is 3. The smallest absolute Gasteiger partial charge is 0.336 e. The normalized spacial score (nSPS) is 10.9. The van der Waals surface area contributed by atoms with Crippen molar-refractivity contribution in [2.24, 2.45) is 0 Å². The van der Waals surface area contributed by atoms with Crippen LogP contribution in [0.15, 0.2) is 12.1 Å². The molecule has 0 atom stereocenters. The first-order valence-electron chi connectivity index (χ1n) is 13.0. The number of rotatable bonds is 18. The largest absolute Gasteiger partial charge is 0.493 e. The highest BCUT2D eigenvalue weighted by atomic mass is 16.5. The fourth-order valence-corrected chi connectivity index (χ4v) is 3.93. The lowest BCUT2D eigenvalue weighted by molar-refractivity contribution is 0.0882. The SMILES string of the molecule is CCCCCCCCCCCC(=O)n1nc(OCCCC)nc1-c1cc(OC)c(OC)c(OC)c1. The van der Waals surface area contributed by atoms with Crippen LogP contribution in [0.2, 0.25) is 0 Å². The van der Waals surface area contributed by atoms with Gasteiger partial charge >= 0.3 is 6.01 Å². The number of aromatic nitrogens is 3. The maximum atomic E-state index is 13.1. The van der Waals surface area contributed by atoms with Gasteiger partial charge in [0.1, 0.15) is 0 Å². The first-order chi connectivity index (χ1) is 17.1. The van der Waals surface area contributed by atoms with Crippen LogP contribution in [0.3, 0.4) is 0 Å². The van der Waals surface area contributed by atoms with Crippen LogP contribution < -0.4 is 18.9 Å². The van der Waals surface area contributed by atoms with Crippen molar-refractivity contribution < 1.29 is 23.7 Å². The predicted octanol–water partition coefficient (Wildman–Crippen LogP) is 6.71. The molecule has 0 aliphatic rings. The monoisotopic (exact) mass is 489 g/mol. The quantitative estimate of drug-likeness (QED) is 0.215. The molecule has 2 rings (SSSR count). The van der Waals surface area contributed by atoms with Crippen LogP contribution in [0.25, 0.3) is 11.4 Å². The van der Waals surface area contributed by atoms with E-state index in [1.54, 1.807) is 33.5 Å². The summed E-state index contributed by atoms with van der Waals surface area (Å²) in [5, 5.41) is 4.39. The Labute approximate surface area is 210 Å². The zero-order valence-electron chi connectivity index (χ0n) is 22.2. The van der Waals surface area contributed by atoms with Gasteiger partial charge in [-0.05, 0) is 25.0 Å². The third-order valence-corrected chi connectivity index (χ3v) is 5.97. The van der Waals surface area contributed by atoms with Crippen molar-refractivity contribution >= 4 is 5.91 Å². The summed E-state index contributed by atoms with van der Waals surface area (Å²) < 4.78 is 23.5. The molecule has 1 heterocycles. The van der Waals surface area contributed by atoms with E-state index in [2.05, 4.69) is 23.9 Å². The van der Waals surface area contributed by atoms with Crippen molar-refractivity contribution in [1.82, 2.24) is 14.8 Å². The molecule has 1 aromatic heterocycles. The second kappa shape index (κ2) is 16.0. The number of ether oxygens (including phenoxy) is 4. The Bertz CT molecular complexity index is 872. The zero-order chi connectivity index (χ0) is 25.5. The maximum absolute atomic E-state index is 13.1. The summed E-state index contributed by atoms with van der Waals surface area (Å²) in [5.41, 5.74) is 0.637. The minimum atomic E-state index is -0.102. The molecule has 0 aliphatic heterocycles. The van der Waals surface area contributed by atoms with Crippen molar-refractivity contribution in [3.8, 4) is 34.6 Å². The molecule has 35 heavy (non-hydrogen) atoms. The van der Waals surface area contributed by atoms with Crippen LogP contribution in [0.5, 0.6) is 23.3 Å². The summed E-state index contributed by atoms with van der Waals surface area (Å²) in [7, 11) is 4.66. The number of unbranched alkanes of at least 4 members (excludes halogenated alkanes) is 9. The molecular formula is C27H43N3O5. The van der Waals surface area contributed by atoms with E-state index in [4.69, 9.17) is 18.9 Å². The van der Waals surface area contributed by atoms with Gasteiger partial charge in [-0.25, -0.2) is 0 Å². The fourth-order valence-electron chi connectivity index (χ4n) is 3.93. The Morgan fingerprint density at radius 2 is 1.37 bits per heavy atom. The number of carbonyl (C=O) groups excluding carboxylic acids is 1. The van der Waals surface area contributed by atoms with Gasteiger partial charge in [0.25, 0.3) is 0 Å². The van der Waals surface area contributed by atoms with Crippen LogP contribution in [0.4, 0.5) is 0 Å². The van der Waals surface area contributed by atoms with E-state index in [0.29, 0.717) is 41.7 Å². The highest BCUT2D eigenvalue weighted by Crippen LogP contribution is 2.41. The Morgan fingerprint density at radius 3 is 1.91 bits per heavy atom. The van der Waals surface area contributed by atoms with Crippen molar-refractivity contribution in [1.29, 1.82) is 0 Å². The molecule has 1 aromatic carbocycles. The highest BCUT2D eigenvalue weighted by molar-refractivity contribution is 5.83. The Kier molecular flexibility index (Phi) is 13.0. The average Bonchev–Trinajstić information content (AvgIpc) is 3.31. The Balaban J connectivity index is 2.13. The van der Waals surface area contributed by atoms with Gasteiger partial charge < -0.3 is 18.9 Å². The van der Waals surface area contributed by atoms with Gasteiger partial charge in [-0.3, -0.25) is 4.79 Å². The fraction of sp³-hybridized carbons (Fsp3) is 0.667. The van der Waals surface area contributed by atoms with E-state index >= 15 is 0 Å². The Morgan fingerprint density at radius 1 is 0.800 bits per heavy atom. The molecule has 0 radical (unpaired) electrons. The third kappa shape index (κ3) is 8.75. The molecule has 0 aliphatic carbocycles. The van der Waals surface area contributed by atoms with E-state index in [-0.39, 0.29) is 11.9 Å². The van der Waals surface area contributed by atoms with Crippen molar-refractivity contribution in [3.63, 3.8) is 0 Å². The van der Waals surface area contributed by atoms with E-state index in [1.165, 1.54) is 43.2 Å². The van der Waals surface area contributed by atoms with Gasteiger partial charge in [0.2, 0.25) is 11.7 Å². The summed E-state index contributed by atoms with van der Waals surface area (Å²) in [6.45, 7) is 4.83. The van der Waals surface area contributed by atoms with E-state index in [9.17, 15) is 4.79 Å². The molecular weight excluding hydrogens is 446 g/mol. The van der Waals surface area contributed by atoms with Crippen molar-refractivity contribution in [2.45, 2.75) is 90.9 Å². The molecule has 0 saturated carbocycles. The first-order valence-corrected chi connectivity index (χ1v) is 13.0. The van der Waals surface area contributed by atoms with Crippen LogP contribution >= 0.6 is 0 Å². The molecule has 0 bridgehead atoms. The topological polar surface area (TPSA) is 84.7 Å². The average molecular weight is 490 g/mol. The number of benzene rings is 1. The number of hydrogen-bond donors (Lipinski definition) is 0. The van der Waals surface area contributed by atoms with E-state index in [0.717, 1.165) is 32.1 Å². The van der Waals surface area contributed by atoms with Gasteiger partial charge in [-0.15, -0.1) is 5.10 Å². The molecule has 8 heteroatoms. The third-order valence-electron chi connectivity index (χ3n) is 5.97. The van der Waals surface area contributed by atoms with E-state index < -0.39 is 0 Å². The maximum Gasteiger partial charge on any atom is 0.336 e. The highest BCUT2D eigenvalue weighted by Gasteiger charge is 2.22. The van der Waals surface area contributed by atoms with Crippen LogP contribution in [0.1, 0.15) is 95.7 Å². The van der Waals surface area contributed by atoms with Gasteiger partial charge in [0, 0.05) is 12.0 Å². The second-order valence-corrected chi connectivity index (χ2v) is 8.72. The summed E-state index contributed by atoms with van der Waals surface area (Å²) in [5.74, 6) is 1.74. The standard InChI is InChI=1S/C27H43N3O5/c1-6-8-10-11-12-13-14-15-16-17-24(31)30-26(28-27(29-30)35-18-9-7-2)21-19-22(32-3)25(34-5)23(20-21)33-4/h19-20H,6-18H2,1-5H3. The molecule has 196 valence electrons. The summed E-state index contributed by atoms with van der Waals surface area (Å²) in [4.78, 5) is 17.7. The van der Waals surface area contributed by atoms with E-state index in [1.807, 2.05) is 0 Å². The number of hydrogen-bond acceptors (Lipinski definition) is 7. The molecule has 0 spiro atoms. The van der Waals surface area contributed by atoms with Crippen molar-refractivity contribution in [3.05, 3.63) is 12.1 Å². The first kappa shape index (κ1) is 28.5. The number of carbonyl (C=O) groups is 1. The predicted molar refractivity (Wildman–Crippen MR) is 138 cm³/mol. The second-order valence-electron chi connectivity index (χ2n) is 8.72. The molecule has 0 saturated heterocycles. The molecule has 0 N–H and O–H groups in total. The molecule has 8 nitrogen and oxygen atoms in total.